The lowest BCUT2D eigenvalue weighted by Gasteiger charge is -2.50. The van der Waals surface area contributed by atoms with Crippen molar-refractivity contribution in [2.75, 3.05) is 39.1 Å². The Kier molecular flexibility index (Phi) is 14.3. The Hall–Kier alpha value is -6.25. The predicted octanol–water partition coefficient (Wildman–Crippen LogP) is 9.65. The standard InChI is InChI=1S/C51H53ClN7O7P/c1-50(2,3)48(61)66-41-28-26-37(27-29-41)33-63-47-45-46(55-49(56-47)54-43(60)30-36-18-10-6-11-19-36)59(35-53-45)44-32-58(31-42(65-44)34-64-67(52,62)57(4)5)51(38-20-12-7-13-21-38,39-22-14-8-15-23-39)40-24-16-9-17-25-40/h6-29,35,42,44H,30-34H2,1-5H3,(H,54,55,56,60)/t42-,44+,67?/m0/s1. The van der Waals surface area contributed by atoms with Gasteiger partial charge in [0.2, 0.25) is 17.7 Å². The number of hydrogen-bond acceptors (Lipinski definition) is 11. The second-order valence-electron chi connectivity index (χ2n) is 17.5. The van der Waals surface area contributed by atoms with Crippen molar-refractivity contribution in [2.45, 2.75) is 51.7 Å². The van der Waals surface area contributed by atoms with Crippen LogP contribution in [0, 0.1) is 5.41 Å². The number of carbonyl (C=O) groups excluding carboxylic acids is 2. The van der Waals surface area contributed by atoms with Crippen molar-refractivity contribution >= 4 is 47.1 Å². The molecule has 5 aromatic carbocycles. The summed E-state index contributed by atoms with van der Waals surface area (Å²) in [5, 5.41) is 2.88. The zero-order valence-electron chi connectivity index (χ0n) is 38.0. The zero-order chi connectivity index (χ0) is 47.2. The number of amides is 1. The molecular weight excluding hydrogens is 889 g/mol. The molecule has 16 heteroatoms. The lowest BCUT2D eigenvalue weighted by atomic mass is 9.75. The Morgan fingerprint density at radius 3 is 1.91 bits per heavy atom. The van der Waals surface area contributed by atoms with E-state index in [1.165, 1.54) is 4.67 Å². The summed E-state index contributed by atoms with van der Waals surface area (Å²) < 4.78 is 41.4. The normalized spacial score (nSPS) is 16.6. The summed E-state index contributed by atoms with van der Waals surface area (Å²) in [4.78, 5) is 42.8. The Balaban J connectivity index is 1.21. The first-order valence-corrected chi connectivity index (χ1v) is 24.4. The Labute approximate surface area is 395 Å². The zero-order valence-corrected chi connectivity index (χ0v) is 39.6. The SMILES string of the molecule is CN(C)P(=O)(Cl)OC[C@@H]1CN(C(c2ccccc2)(c2ccccc2)c2ccccc2)C[C@H](n2cnc3c(OCc4ccc(OC(=O)C(C)(C)C)cc4)nc(NC(=O)Cc4ccccc4)nc32)O1. The monoisotopic (exact) mass is 941 g/mol. The fourth-order valence-corrected chi connectivity index (χ4v) is 8.74. The van der Waals surface area contributed by atoms with Gasteiger partial charge in [0, 0.05) is 13.1 Å². The van der Waals surface area contributed by atoms with Crippen LogP contribution in [0.1, 0.15) is 54.8 Å². The van der Waals surface area contributed by atoms with Gasteiger partial charge in [0.05, 0.1) is 36.4 Å². The Morgan fingerprint density at radius 1 is 0.791 bits per heavy atom. The minimum absolute atomic E-state index is 0.00318. The second kappa shape index (κ2) is 20.3. The molecule has 0 radical (unpaired) electrons. The van der Waals surface area contributed by atoms with Crippen molar-refractivity contribution in [1.82, 2.24) is 29.1 Å². The Morgan fingerprint density at radius 2 is 1.36 bits per heavy atom. The molecule has 1 N–H and O–H groups in total. The first-order chi connectivity index (χ1) is 32.2. The highest BCUT2D eigenvalue weighted by molar-refractivity contribution is 7.83. The van der Waals surface area contributed by atoms with Crippen LogP contribution in [-0.2, 0) is 42.0 Å². The number of aromatic nitrogens is 4. The number of morpholine rings is 1. The largest absolute Gasteiger partial charge is 0.471 e. The molecule has 0 aliphatic carbocycles. The lowest BCUT2D eigenvalue weighted by molar-refractivity contribution is -0.145. The fourth-order valence-electron chi connectivity index (χ4n) is 7.99. The highest BCUT2D eigenvalue weighted by atomic mass is 35.7. The number of anilines is 1. The van der Waals surface area contributed by atoms with Gasteiger partial charge in [-0.3, -0.25) is 28.9 Å². The van der Waals surface area contributed by atoms with Gasteiger partial charge in [-0.1, -0.05) is 133 Å². The maximum atomic E-state index is 13.5. The van der Waals surface area contributed by atoms with Crippen LogP contribution in [-0.4, -0.2) is 80.9 Å². The maximum absolute atomic E-state index is 13.5. The van der Waals surface area contributed by atoms with Crippen LogP contribution in [0.5, 0.6) is 11.6 Å². The average Bonchev–Trinajstić information content (AvgIpc) is 3.76. The number of fused-ring (bicyclic) bond motifs is 1. The van der Waals surface area contributed by atoms with Gasteiger partial charge >= 0.3 is 12.8 Å². The number of esters is 1. The minimum Gasteiger partial charge on any atom is -0.471 e. The molecule has 0 spiro atoms. The van der Waals surface area contributed by atoms with Crippen LogP contribution in [0.4, 0.5) is 5.95 Å². The van der Waals surface area contributed by atoms with Crippen molar-refractivity contribution in [2.24, 2.45) is 5.41 Å². The van der Waals surface area contributed by atoms with E-state index in [-0.39, 0.29) is 43.3 Å². The first-order valence-electron chi connectivity index (χ1n) is 21.9. The topological polar surface area (TPSA) is 150 Å². The number of ether oxygens (including phenoxy) is 3. The van der Waals surface area contributed by atoms with Crippen molar-refractivity contribution < 1.29 is 32.9 Å². The van der Waals surface area contributed by atoms with Crippen LogP contribution in [0.2, 0.25) is 0 Å². The van der Waals surface area contributed by atoms with Crippen molar-refractivity contribution in [3.05, 3.63) is 180 Å². The number of carbonyl (C=O) groups is 2. The van der Waals surface area contributed by atoms with E-state index in [9.17, 15) is 14.2 Å². The van der Waals surface area contributed by atoms with Gasteiger partial charge in [0.1, 0.15) is 18.6 Å². The van der Waals surface area contributed by atoms with E-state index in [4.69, 9.17) is 39.9 Å². The van der Waals surface area contributed by atoms with Crippen LogP contribution < -0.4 is 14.8 Å². The molecule has 1 aliphatic rings. The lowest BCUT2D eigenvalue weighted by Crippen LogP contribution is -2.57. The summed E-state index contributed by atoms with van der Waals surface area (Å²) in [5.74, 6) is -0.143. The number of halogens is 1. The van der Waals surface area contributed by atoms with Gasteiger partial charge in [0.25, 0.3) is 0 Å². The van der Waals surface area contributed by atoms with E-state index in [2.05, 4.69) is 51.6 Å². The number of rotatable bonds is 16. The third-order valence-electron chi connectivity index (χ3n) is 11.4. The van der Waals surface area contributed by atoms with E-state index in [0.29, 0.717) is 30.0 Å². The maximum Gasteiger partial charge on any atom is 0.362 e. The summed E-state index contributed by atoms with van der Waals surface area (Å²) in [6, 6.07) is 47.3. The summed E-state index contributed by atoms with van der Waals surface area (Å²) in [7, 11) is 3.20. The molecule has 346 valence electrons. The van der Waals surface area contributed by atoms with Gasteiger partial charge in [-0.25, -0.2) is 9.65 Å². The molecule has 3 heterocycles. The fraction of sp³-hybridized carbons (Fsp3) is 0.275. The molecule has 8 rings (SSSR count). The average molecular weight is 942 g/mol. The number of benzene rings is 5. The van der Waals surface area contributed by atoms with E-state index < -0.39 is 30.2 Å². The molecule has 1 aliphatic heterocycles. The predicted molar refractivity (Wildman–Crippen MR) is 258 cm³/mol. The third kappa shape index (κ3) is 10.8. The van der Waals surface area contributed by atoms with Gasteiger partial charge in [-0.15, -0.1) is 0 Å². The van der Waals surface area contributed by atoms with Crippen LogP contribution in [0.3, 0.4) is 0 Å². The molecule has 1 amide bonds. The molecule has 2 aromatic heterocycles. The summed E-state index contributed by atoms with van der Waals surface area (Å²) in [6.45, 7) is 2.28. The van der Waals surface area contributed by atoms with E-state index >= 15 is 0 Å². The first kappa shape index (κ1) is 47.3. The molecule has 1 fully saturated rings. The molecule has 67 heavy (non-hydrogen) atoms. The molecule has 0 bridgehead atoms. The highest BCUT2D eigenvalue weighted by Gasteiger charge is 2.47. The molecule has 1 saturated heterocycles. The van der Waals surface area contributed by atoms with E-state index in [1.54, 1.807) is 70.0 Å². The number of nitrogens with zero attached hydrogens (tertiary/aromatic N) is 6. The summed E-state index contributed by atoms with van der Waals surface area (Å²) in [6.07, 6.45) is 0.251. The van der Waals surface area contributed by atoms with E-state index in [0.717, 1.165) is 27.8 Å². The molecule has 14 nitrogen and oxygen atoms in total. The molecule has 7 aromatic rings. The quantitative estimate of drug-likeness (QED) is 0.0425. The van der Waals surface area contributed by atoms with Gasteiger partial charge in [0.15, 0.2) is 11.2 Å². The Bertz CT molecular complexity index is 2730. The summed E-state index contributed by atoms with van der Waals surface area (Å²) in [5.41, 5.74) is 3.75. The van der Waals surface area contributed by atoms with Crippen LogP contribution >= 0.6 is 18.1 Å². The van der Waals surface area contributed by atoms with E-state index in [1.807, 2.05) is 84.9 Å². The molecular formula is C51H53ClN7O7P. The minimum atomic E-state index is -3.70. The van der Waals surface area contributed by atoms with Crippen molar-refractivity contribution in [1.29, 1.82) is 0 Å². The molecule has 3 atom stereocenters. The van der Waals surface area contributed by atoms with Crippen LogP contribution in [0.25, 0.3) is 11.2 Å². The smallest absolute Gasteiger partial charge is 0.362 e. The van der Waals surface area contributed by atoms with Gasteiger partial charge < -0.3 is 18.7 Å². The molecule has 1 unspecified atom stereocenters. The highest BCUT2D eigenvalue weighted by Crippen LogP contribution is 2.54. The van der Waals surface area contributed by atoms with Gasteiger partial charge in [-0.05, 0) is 86.1 Å². The summed E-state index contributed by atoms with van der Waals surface area (Å²) >= 11 is 6.45. The number of nitrogens with one attached hydrogen (secondary N) is 1. The van der Waals surface area contributed by atoms with Gasteiger partial charge in [-0.2, -0.15) is 9.97 Å². The van der Waals surface area contributed by atoms with Crippen molar-refractivity contribution in [3.8, 4) is 11.6 Å². The number of imidazole rings is 1. The van der Waals surface area contributed by atoms with Crippen LogP contribution in [0.15, 0.2) is 152 Å². The third-order valence-corrected chi connectivity index (χ3v) is 14.0. The van der Waals surface area contributed by atoms with Crippen molar-refractivity contribution in [3.63, 3.8) is 0 Å². The molecule has 0 saturated carbocycles. The second-order valence-corrected chi connectivity index (χ2v) is 20.7. The number of hydrogen-bond donors (Lipinski definition) is 1.